The Hall–Kier alpha value is -1.68. The zero-order chi connectivity index (χ0) is 12.1. The second-order valence-electron chi connectivity index (χ2n) is 3.94. The van der Waals surface area contributed by atoms with E-state index in [1.807, 2.05) is 0 Å². The summed E-state index contributed by atoms with van der Waals surface area (Å²) in [6.07, 6.45) is 2.58. The van der Waals surface area contributed by atoms with Crippen LogP contribution in [-0.2, 0) is 9.47 Å². The first-order chi connectivity index (χ1) is 8.31. The average molecular weight is 234 g/mol. The standard InChI is InChI=1S/C13H14O4/c14-8-10-4-1-2-6-12(10)13(15)17-9-11-5-3-7-16-11/h1-2,4,6,8,11H,3,5,7,9H2. The minimum atomic E-state index is -0.469. The Kier molecular flexibility index (Phi) is 3.88. The van der Waals surface area contributed by atoms with Gasteiger partial charge >= 0.3 is 5.97 Å². The number of benzene rings is 1. The molecule has 0 aliphatic carbocycles. The maximum Gasteiger partial charge on any atom is 0.338 e. The molecule has 4 heteroatoms. The summed E-state index contributed by atoms with van der Waals surface area (Å²) in [7, 11) is 0. The highest BCUT2D eigenvalue weighted by Gasteiger charge is 2.19. The Balaban J connectivity index is 1.96. The minimum absolute atomic E-state index is 0.00217. The van der Waals surface area contributed by atoms with Gasteiger partial charge in [0, 0.05) is 12.2 Å². The van der Waals surface area contributed by atoms with Crippen LogP contribution in [0.1, 0.15) is 33.6 Å². The smallest absolute Gasteiger partial charge is 0.338 e. The monoisotopic (exact) mass is 234 g/mol. The predicted octanol–water partition coefficient (Wildman–Crippen LogP) is 1.83. The van der Waals surface area contributed by atoms with E-state index in [9.17, 15) is 9.59 Å². The second-order valence-corrected chi connectivity index (χ2v) is 3.94. The number of ether oxygens (including phenoxy) is 2. The fourth-order valence-electron chi connectivity index (χ4n) is 1.81. The molecule has 0 radical (unpaired) electrons. The van der Waals surface area contributed by atoms with Gasteiger partial charge in [0.15, 0.2) is 6.29 Å². The van der Waals surface area contributed by atoms with Crippen molar-refractivity contribution in [1.82, 2.24) is 0 Å². The lowest BCUT2D eigenvalue weighted by Crippen LogP contribution is -2.18. The van der Waals surface area contributed by atoms with Crippen LogP contribution in [0.4, 0.5) is 0 Å². The molecular formula is C13H14O4. The van der Waals surface area contributed by atoms with Crippen molar-refractivity contribution in [2.75, 3.05) is 13.2 Å². The average Bonchev–Trinajstić information content (AvgIpc) is 2.89. The number of rotatable bonds is 4. The van der Waals surface area contributed by atoms with Gasteiger partial charge in [-0.05, 0) is 18.9 Å². The van der Waals surface area contributed by atoms with Crippen LogP contribution >= 0.6 is 0 Å². The highest BCUT2D eigenvalue weighted by atomic mass is 16.6. The first-order valence-electron chi connectivity index (χ1n) is 5.64. The van der Waals surface area contributed by atoms with Crippen LogP contribution in [0.25, 0.3) is 0 Å². The van der Waals surface area contributed by atoms with Crippen LogP contribution in [0.3, 0.4) is 0 Å². The van der Waals surface area contributed by atoms with E-state index in [0.29, 0.717) is 17.4 Å². The predicted molar refractivity (Wildman–Crippen MR) is 61.1 cm³/mol. The Bertz CT molecular complexity index is 408. The number of aldehydes is 1. The summed E-state index contributed by atoms with van der Waals surface area (Å²) >= 11 is 0. The minimum Gasteiger partial charge on any atom is -0.459 e. The van der Waals surface area contributed by atoms with Crippen LogP contribution in [0.5, 0.6) is 0 Å². The maximum atomic E-state index is 11.7. The Morgan fingerprint density at radius 3 is 3.00 bits per heavy atom. The van der Waals surface area contributed by atoms with E-state index in [0.717, 1.165) is 19.4 Å². The van der Waals surface area contributed by atoms with Crippen molar-refractivity contribution in [2.24, 2.45) is 0 Å². The number of esters is 1. The number of hydrogen-bond acceptors (Lipinski definition) is 4. The summed E-state index contributed by atoms with van der Waals surface area (Å²) in [6.45, 7) is 0.985. The van der Waals surface area contributed by atoms with Gasteiger partial charge in [-0.3, -0.25) is 4.79 Å². The highest BCUT2D eigenvalue weighted by molar-refractivity contribution is 5.98. The molecule has 1 aromatic carbocycles. The molecule has 0 saturated carbocycles. The fourth-order valence-corrected chi connectivity index (χ4v) is 1.81. The molecule has 17 heavy (non-hydrogen) atoms. The molecule has 0 N–H and O–H groups in total. The van der Waals surface area contributed by atoms with E-state index in [-0.39, 0.29) is 12.7 Å². The largest absolute Gasteiger partial charge is 0.459 e. The maximum absolute atomic E-state index is 11.7. The van der Waals surface area contributed by atoms with E-state index >= 15 is 0 Å². The summed E-state index contributed by atoms with van der Waals surface area (Å²) in [5.74, 6) is -0.469. The molecule has 2 rings (SSSR count). The van der Waals surface area contributed by atoms with Crippen LogP contribution in [0, 0.1) is 0 Å². The van der Waals surface area contributed by atoms with E-state index in [1.54, 1.807) is 24.3 Å². The van der Waals surface area contributed by atoms with Gasteiger partial charge in [0.2, 0.25) is 0 Å². The molecular weight excluding hydrogens is 220 g/mol. The van der Waals surface area contributed by atoms with E-state index < -0.39 is 5.97 Å². The van der Waals surface area contributed by atoms with E-state index in [4.69, 9.17) is 9.47 Å². The van der Waals surface area contributed by atoms with Crippen molar-refractivity contribution in [2.45, 2.75) is 18.9 Å². The van der Waals surface area contributed by atoms with Crippen molar-refractivity contribution in [3.8, 4) is 0 Å². The van der Waals surface area contributed by atoms with Crippen LogP contribution in [-0.4, -0.2) is 31.6 Å². The summed E-state index contributed by atoms with van der Waals surface area (Å²) in [6, 6.07) is 6.59. The van der Waals surface area contributed by atoms with Crippen molar-refractivity contribution in [3.05, 3.63) is 35.4 Å². The summed E-state index contributed by atoms with van der Waals surface area (Å²) in [4.78, 5) is 22.5. The van der Waals surface area contributed by atoms with E-state index in [2.05, 4.69) is 0 Å². The zero-order valence-corrected chi connectivity index (χ0v) is 9.43. The molecule has 1 aliphatic heterocycles. The summed E-state index contributed by atoms with van der Waals surface area (Å²) in [5.41, 5.74) is 0.658. The molecule has 1 saturated heterocycles. The molecule has 0 bridgehead atoms. The van der Waals surface area contributed by atoms with Gasteiger partial charge in [0.1, 0.15) is 6.61 Å². The first kappa shape index (κ1) is 11.8. The third-order valence-corrected chi connectivity index (χ3v) is 2.73. The normalized spacial score (nSPS) is 18.9. The molecule has 1 aliphatic rings. The van der Waals surface area contributed by atoms with Gasteiger partial charge in [-0.1, -0.05) is 18.2 Å². The second kappa shape index (κ2) is 5.59. The van der Waals surface area contributed by atoms with Gasteiger partial charge in [-0.2, -0.15) is 0 Å². The molecule has 1 heterocycles. The van der Waals surface area contributed by atoms with Crippen LogP contribution < -0.4 is 0 Å². The first-order valence-corrected chi connectivity index (χ1v) is 5.64. The quantitative estimate of drug-likeness (QED) is 0.589. The lowest BCUT2D eigenvalue weighted by atomic mass is 10.1. The van der Waals surface area contributed by atoms with E-state index in [1.165, 1.54) is 0 Å². The van der Waals surface area contributed by atoms with Gasteiger partial charge < -0.3 is 9.47 Å². The molecule has 0 amide bonds. The molecule has 1 fully saturated rings. The third-order valence-electron chi connectivity index (χ3n) is 2.73. The lowest BCUT2D eigenvalue weighted by molar-refractivity contribution is 0.0160. The molecule has 1 unspecified atom stereocenters. The lowest BCUT2D eigenvalue weighted by Gasteiger charge is -2.10. The van der Waals surface area contributed by atoms with Gasteiger partial charge in [-0.25, -0.2) is 4.79 Å². The van der Waals surface area contributed by atoms with Gasteiger partial charge in [0.25, 0.3) is 0 Å². The van der Waals surface area contributed by atoms with Crippen molar-refractivity contribution < 1.29 is 19.1 Å². The van der Waals surface area contributed by atoms with Crippen LogP contribution in [0.15, 0.2) is 24.3 Å². The molecule has 90 valence electrons. The molecule has 4 nitrogen and oxygen atoms in total. The molecule has 1 atom stereocenters. The van der Waals surface area contributed by atoms with Gasteiger partial charge in [0.05, 0.1) is 11.7 Å². The van der Waals surface area contributed by atoms with Crippen LogP contribution in [0.2, 0.25) is 0 Å². The molecule has 0 spiro atoms. The van der Waals surface area contributed by atoms with Crippen molar-refractivity contribution >= 4 is 12.3 Å². The molecule has 1 aromatic rings. The highest BCUT2D eigenvalue weighted by Crippen LogP contribution is 2.14. The van der Waals surface area contributed by atoms with Crippen molar-refractivity contribution in [1.29, 1.82) is 0 Å². The third kappa shape index (κ3) is 2.91. The number of carbonyl (C=O) groups excluding carboxylic acids is 2. The topological polar surface area (TPSA) is 52.6 Å². The Morgan fingerprint density at radius 2 is 2.29 bits per heavy atom. The number of hydrogen-bond donors (Lipinski definition) is 0. The summed E-state index contributed by atoms with van der Waals surface area (Å²) in [5, 5.41) is 0. The molecule has 0 aromatic heterocycles. The summed E-state index contributed by atoms with van der Waals surface area (Å²) < 4.78 is 10.5. The SMILES string of the molecule is O=Cc1ccccc1C(=O)OCC1CCCO1. The number of carbonyl (C=O) groups is 2. The Morgan fingerprint density at radius 1 is 1.47 bits per heavy atom. The van der Waals surface area contributed by atoms with Gasteiger partial charge in [-0.15, -0.1) is 0 Å². The Labute approximate surface area is 99.5 Å². The van der Waals surface area contributed by atoms with Crippen molar-refractivity contribution in [3.63, 3.8) is 0 Å². The fraction of sp³-hybridized carbons (Fsp3) is 0.385. The zero-order valence-electron chi connectivity index (χ0n) is 9.43.